The number of amides is 1. The molecule has 3 heteroatoms. The third-order valence-corrected chi connectivity index (χ3v) is 1.56. The van der Waals surface area contributed by atoms with Gasteiger partial charge in [-0.3, -0.25) is 9.52 Å². The molecule has 0 bridgehead atoms. The third-order valence-electron chi connectivity index (χ3n) is 1.34. The second-order valence-electron chi connectivity index (χ2n) is 2.22. The average molecular weight is 179 g/mol. The average Bonchev–Trinajstić information content (AvgIpc) is 2.16. The molecule has 0 aliphatic heterocycles. The molecule has 0 aliphatic rings. The van der Waals surface area contributed by atoms with Crippen LogP contribution in [0.3, 0.4) is 0 Å². The minimum atomic E-state index is -0.220. The fraction of sp³-hybridized carbons (Fsp3) is 0. The molecular weight excluding hydrogens is 170 g/mol. The number of benzene rings is 1. The summed E-state index contributed by atoms with van der Waals surface area (Å²) in [5.74, 6) is -0.220. The zero-order valence-electron chi connectivity index (χ0n) is 6.40. The first-order chi connectivity index (χ1) is 5.83. The monoisotopic (exact) mass is 179 g/mol. The molecule has 0 saturated carbocycles. The van der Waals surface area contributed by atoms with E-state index >= 15 is 0 Å². The predicted octanol–water partition coefficient (Wildman–Crippen LogP) is 1.66. The minimum Gasteiger partial charge on any atom is -0.299 e. The highest BCUT2D eigenvalue weighted by atomic mass is 32.1. The Morgan fingerprint density at radius 1 is 1.33 bits per heavy atom. The zero-order valence-corrected chi connectivity index (χ0v) is 7.29. The number of hydrogen-bond donors (Lipinski definition) is 2. The van der Waals surface area contributed by atoms with Gasteiger partial charge in [-0.25, -0.2) is 0 Å². The van der Waals surface area contributed by atoms with Crippen LogP contribution in [0.15, 0.2) is 36.4 Å². The summed E-state index contributed by atoms with van der Waals surface area (Å²) in [7, 11) is 0. The van der Waals surface area contributed by atoms with Crippen molar-refractivity contribution in [3.63, 3.8) is 0 Å². The van der Waals surface area contributed by atoms with Crippen LogP contribution >= 0.6 is 12.8 Å². The van der Waals surface area contributed by atoms with Gasteiger partial charge < -0.3 is 0 Å². The van der Waals surface area contributed by atoms with Gasteiger partial charge >= 0.3 is 0 Å². The second kappa shape index (κ2) is 4.62. The first kappa shape index (κ1) is 8.87. The Kier molecular flexibility index (Phi) is 3.41. The van der Waals surface area contributed by atoms with Crippen molar-refractivity contribution in [3.8, 4) is 0 Å². The van der Waals surface area contributed by atoms with Crippen molar-refractivity contribution in [2.24, 2.45) is 0 Å². The fourth-order valence-electron chi connectivity index (χ4n) is 0.773. The van der Waals surface area contributed by atoms with Crippen LogP contribution in [0.5, 0.6) is 0 Å². The molecule has 62 valence electrons. The van der Waals surface area contributed by atoms with Gasteiger partial charge in [0.05, 0.1) is 0 Å². The summed E-state index contributed by atoms with van der Waals surface area (Å²) in [6, 6.07) is 9.59. The van der Waals surface area contributed by atoms with Crippen LogP contribution in [0.4, 0.5) is 0 Å². The van der Waals surface area contributed by atoms with Crippen LogP contribution in [0.1, 0.15) is 5.56 Å². The van der Waals surface area contributed by atoms with Crippen molar-refractivity contribution in [2.75, 3.05) is 0 Å². The van der Waals surface area contributed by atoms with E-state index in [-0.39, 0.29) is 5.91 Å². The van der Waals surface area contributed by atoms with Gasteiger partial charge in [0.1, 0.15) is 0 Å². The molecule has 12 heavy (non-hydrogen) atoms. The van der Waals surface area contributed by atoms with E-state index in [4.69, 9.17) is 0 Å². The first-order valence-electron chi connectivity index (χ1n) is 3.50. The predicted molar refractivity (Wildman–Crippen MR) is 52.6 cm³/mol. The number of carbonyl (C=O) groups excluding carboxylic acids is 1. The lowest BCUT2D eigenvalue weighted by molar-refractivity contribution is -0.114. The molecule has 1 aromatic carbocycles. The maximum Gasteiger partial charge on any atom is 0.253 e. The lowest BCUT2D eigenvalue weighted by Crippen LogP contribution is -2.07. The summed E-state index contributed by atoms with van der Waals surface area (Å²) in [6.45, 7) is 0. The van der Waals surface area contributed by atoms with Crippen LogP contribution < -0.4 is 4.72 Å². The van der Waals surface area contributed by atoms with Crippen LogP contribution in [-0.2, 0) is 4.79 Å². The molecule has 2 nitrogen and oxygen atoms in total. The van der Waals surface area contributed by atoms with E-state index in [0.717, 1.165) is 5.56 Å². The van der Waals surface area contributed by atoms with E-state index in [1.54, 1.807) is 6.08 Å². The molecule has 1 rings (SSSR count). The van der Waals surface area contributed by atoms with Crippen molar-refractivity contribution in [2.45, 2.75) is 0 Å². The highest BCUT2D eigenvalue weighted by Gasteiger charge is 1.88. The molecule has 0 atom stereocenters. The molecule has 1 N–H and O–H groups in total. The third kappa shape index (κ3) is 2.80. The summed E-state index contributed by atoms with van der Waals surface area (Å²) < 4.78 is 2.20. The van der Waals surface area contributed by atoms with E-state index in [0.29, 0.717) is 0 Å². The number of carbonyl (C=O) groups is 1. The first-order valence-corrected chi connectivity index (χ1v) is 3.95. The van der Waals surface area contributed by atoms with Crippen molar-refractivity contribution in [1.82, 2.24) is 4.72 Å². The van der Waals surface area contributed by atoms with Gasteiger partial charge in [0, 0.05) is 6.08 Å². The minimum absolute atomic E-state index is 0.220. The molecule has 1 amide bonds. The normalized spacial score (nSPS) is 10.1. The van der Waals surface area contributed by atoms with Crippen molar-refractivity contribution < 1.29 is 4.79 Å². The van der Waals surface area contributed by atoms with Gasteiger partial charge in [0.2, 0.25) is 0 Å². The Morgan fingerprint density at radius 2 is 2.00 bits per heavy atom. The van der Waals surface area contributed by atoms with Crippen LogP contribution in [-0.4, -0.2) is 5.91 Å². The molecule has 0 aromatic heterocycles. The summed E-state index contributed by atoms with van der Waals surface area (Å²) in [5, 5.41) is 0. The molecule has 0 heterocycles. The van der Waals surface area contributed by atoms with Gasteiger partial charge in [-0.1, -0.05) is 43.1 Å². The SMILES string of the molecule is O=C(/C=C/c1ccccc1)NS. The van der Waals surface area contributed by atoms with Crippen LogP contribution in [0.25, 0.3) is 6.08 Å². The molecule has 0 fully saturated rings. The molecule has 0 saturated heterocycles. The number of thiol groups is 1. The van der Waals surface area contributed by atoms with Gasteiger partial charge in [-0.2, -0.15) is 0 Å². The second-order valence-corrected chi connectivity index (χ2v) is 2.44. The highest BCUT2D eigenvalue weighted by molar-refractivity contribution is 7.78. The van der Waals surface area contributed by atoms with Gasteiger partial charge in [-0.15, -0.1) is 0 Å². The number of rotatable bonds is 2. The molecule has 1 aromatic rings. The van der Waals surface area contributed by atoms with E-state index in [1.165, 1.54) is 6.08 Å². The topological polar surface area (TPSA) is 29.1 Å². The number of nitrogens with one attached hydrogen (secondary N) is 1. The summed E-state index contributed by atoms with van der Waals surface area (Å²) in [6.07, 6.45) is 3.16. The molecule has 0 aliphatic carbocycles. The largest absolute Gasteiger partial charge is 0.299 e. The molecule has 0 spiro atoms. The van der Waals surface area contributed by atoms with Crippen molar-refractivity contribution in [3.05, 3.63) is 42.0 Å². The summed E-state index contributed by atoms with van der Waals surface area (Å²) in [5.41, 5.74) is 0.995. The lowest BCUT2D eigenvalue weighted by atomic mass is 10.2. The van der Waals surface area contributed by atoms with E-state index in [2.05, 4.69) is 17.5 Å². The standard InChI is InChI=1S/C9H9NOS/c11-9(10-12)7-6-8-4-2-1-3-5-8/h1-7,12H,(H,10,11)/b7-6+. The Balaban J connectivity index is 2.64. The maximum absolute atomic E-state index is 10.7. The van der Waals surface area contributed by atoms with Gasteiger partial charge in [-0.05, 0) is 11.6 Å². The maximum atomic E-state index is 10.7. The van der Waals surface area contributed by atoms with Gasteiger partial charge in [0.25, 0.3) is 5.91 Å². The van der Waals surface area contributed by atoms with Crippen molar-refractivity contribution in [1.29, 1.82) is 0 Å². The molecule has 0 radical (unpaired) electrons. The highest BCUT2D eigenvalue weighted by Crippen LogP contribution is 2.00. The Bertz CT molecular complexity index is 282. The van der Waals surface area contributed by atoms with E-state index < -0.39 is 0 Å². The number of hydrogen-bond acceptors (Lipinski definition) is 2. The Morgan fingerprint density at radius 3 is 2.58 bits per heavy atom. The van der Waals surface area contributed by atoms with E-state index in [1.807, 2.05) is 30.3 Å². The van der Waals surface area contributed by atoms with Crippen molar-refractivity contribution >= 4 is 24.8 Å². The molecule has 0 unspecified atom stereocenters. The van der Waals surface area contributed by atoms with Crippen LogP contribution in [0, 0.1) is 0 Å². The van der Waals surface area contributed by atoms with Gasteiger partial charge in [0.15, 0.2) is 0 Å². The van der Waals surface area contributed by atoms with Crippen LogP contribution in [0.2, 0.25) is 0 Å². The molecular formula is C9H9NOS. The quantitative estimate of drug-likeness (QED) is 0.524. The lowest BCUT2D eigenvalue weighted by Gasteiger charge is -1.90. The fourth-order valence-corrected chi connectivity index (χ4v) is 0.848. The Hall–Kier alpha value is -1.22. The Labute approximate surface area is 76.8 Å². The summed E-state index contributed by atoms with van der Waals surface area (Å²) in [4.78, 5) is 10.7. The van der Waals surface area contributed by atoms with E-state index in [9.17, 15) is 4.79 Å². The smallest absolute Gasteiger partial charge is 0.253 e. The summed E-state index contributed by atoms with van der Waals surface area (Å²) >= 11 is 3.61. The zero-order chi connectivity index (χ0) is 8.81.